The van der Waals surface area contributed by atoms with E-state index in [0.29, 0.717) is 17.5 Å². The number of hydrogen-bond donors (Lipinski definition) is 2. The van der Waals surface area contributed by atoms with Crippen LogP contribution in [0.25, 0.3) is 0 Å². The summed E-state index contributed by atoms with van der Waals surface area (Å²) >= 11 is 0. The molecule has 11 heteroatoms. The SMILES string of the molecule is C.C1CCC(NC2CCCCC2)CC1.O=C(O)C(Cc1ccccc1)N1C(=O)c2ccccc2C1=O.O=C1c2ccccc2C(=O)N1C(Cc1ccccc1)C(=O)N(C1CCCCC1)C1CCCCC1. The van der Waals surface area contributed by atoms with Crippen molar-refractivity contribution < 1.29 is 33.9 Å². The highest BCUT2D eigenvalue weighted by atomic mass is 16.4. The van der Waals surface area contributed by atoms with E-state index in [1.807, 2.05) is 36.4 Å². The van der Waals surface area contributed by atoms with E-state index in [2.05, 4.69) is 10.2 Å². The molecule has 70 heavy (non-hydrogen) atoms. The van der Waals surface area contributed by atoms with Crippen LogP contribution in [0.2, 0.25) is 0 Å². The number of nitrogens with zero attached hydrogens (tertiary/aromatic N) is 3. The Labute approximate surface area is 415 Å². The first-order chi connectivity index (χ1) is 33.7. The van der Waals surface area contributed by atoms with Crippen molar-refractivity contribution in [2.24, 2.45) is 0 Å². The monoisotopic (exact) mass is 951 g/mol. The Morgan fingerprint density at radius 2 is 0.757 bits per heavy atom. The minimum Gasteiger partial charge on any atom is -0.480 e. The van der Waals surface area contributed by atoms with Crippen LogP contribution in [0, 0.1) is 0 Å². The smallest absolute Gasteiger partial charge is 0.327 e. The maximum absolute atomic E-state index is 14.5. The average Bonchev–Trinajstić information content (AvgIpc) is 3.80. The summed E-state index contributed by atoms with van der Waals surface area (Å²) < 4.78 is 0. The normalized spacial score (nSPS) is 19.7. The standard InChI is InChI=1S/C29H34N2O3.C17H13NO4.C12H23N.CH4/c32-27-24-18-10-11-19-25(24)28(33)31(27)26(20-21-12-4-1-5-13-21)29(34)30(22-14-6-2-7-15-22)23-16-8-3-9-17-23;19-15-12-8-4-5-9-13(12)16(20)18(15)14(17(21)22)10-11-6-2-1-3-7-11;1-3-7-11(8-4-1)13-12-9-5-2-6-10-12;/h1,4-5,10-13,18-19,22-23,26H,2-3,6-9,14-17,20H2;1-9,14H,10H2,(H,21,22);11-13H,1-10H2;1H4. The summed E-state index contributed by atoms with van der Waals surface area (Å²) in [5.74, 6) is -3.03. The van der Waals surface area contributed by atoms with Gasteiger partial charge in [-0.1, -0.05) is 169 Å². The van der Waals surface area contributed by atoms with Gasteiger partial charge in [-0.3, -0.25) is 33.8 Å². The van der Waals surface area contributed by atoms with Gasteiger partial charge in [0.15, 0.2) is 0 Å². The number of carbonyl (C=O) groups is 6. The quantitative estimate of drug-likeness (QED) is 0.134. The number of amides is 5. The van der Waals surface area contributed by atoms with Gasteiger partial charge in [-0.15, -0.1) is 0 Å². The summed E-state index contributed by atoms with van der Waals surface area (Å²) in [6.45, 7) is 0. The third-order valence-corrected chi connectivity index (χ3v) is 15.3. The number of carboxylic acid groups (broad SMARTS) is 1. The molecule has 2 atom stereocenters. The number of carboxylic acids is 1. The molecule has 4 aromatic rings. The lowest BCUT2D eigenvalue weighted by molar-refractivity contribution is -0.142. The molecule has 0 radical (unpaired) electrons. The van der Waals surface area contributed by atoms with Gasteiger partial charge < -0.3 is 15.3 Å². The van der Waals surface area contributed by atoms with Gasteiger partial charge in [0.1, 0.15) is 12.1 Å². The number of imide groups is 2. The first kappa shape index (κ1) is 51.9. The van der Waals surface area contributed by atoms with Crippen molar-refractivity contribution in [2.45, 2.75) is 185 Å². The second kappa shape index (κ2) is 25.3. The first-order valence-corrected chi connectivity index (χ1v) is 26.0. The molecule has 6 aliphatic rings. The van der Waals surface area contributed by atoms with E-state index in [0.717, 1.165) is 79.5 Å². The molecule has 4 aliphatic carbocycles. The highest BCUT2D eigenvalue weighted by Crippen LogP contribution is 2.34. The van der Waals surface area contributed by atoms with Crippen LogP contribution in [0.1, 0.15) is 188 Å². The zero-order valence-corrected chi connectivity index (χ0v) is 40.2. The minimum atomic E-state index is -1.21. The highest BCUT2D eigenvalue weighted by molar-refractivity contribution is 6.23. The fourth-order valence-electron chi connectivity index (χ4n) is 11.7. The van der Waals surface area contributed by atoms with Crippen LogP contribution in [0.5, 0.6) is 0 Å². The largest absolute Gasteiger partial charge is 0.480 e. The molecule has 4 aromatic carbocycles. The van der Waals surface area contributed by atoms with Crippen LogP contribution in [-0.2, 0) is 22.4 Å². The van der Waals surface area contributed by atoms with Crippen molar-refractivity contribution in [2.75, 3.05) is 0 Å². The summed E-state index contributed by atoms with van der Waals surface area (Å²) in [7, 11) is 0. The van der Waals surface area contributed by atoms with Gasteiger partial charge in [0.2, 0.25) is 5.91 Å². The molecule has 2 heterocycles. The molecule has 2 N–H and O–H groups in total. The molecule has 0 bridgehead atoms. The fraction of sp³-hybridized carbons (Fsp3) is 0.492. The zero-order valence-electron chi connectivity index (χ0n) is 40.2. The number of hydrogen-bond acceptors (Lipinski definition) is 7. The van der Waals surface area contributed by atoms with Crippen molar-refractivity contribution in [3.05, 3.63) is 143 Å². The summed E-state index contributed by atoms with van der Waals surface area (Å²) in [6, 6.07) is 32.2. The Kier molecular flexibility index (Phi) is 18.7. The highest BCUT2D eigenvalue weighted by Gasteiger charge is 2.46. The molecule has 4 saturated carbocycles. The maximum atomic E-state index is 14.5. The molecule has 4 fully saturated rings. The lowest BCUT2D eigenvalue weighted by atomic mass is 9.87. The van der Waals surface area contributed by atoms with Gasteiger partial charge in [0.05, 0.1) is 22.3 Å². The molecule has 372 valence electrons. The first-order valence-electron chi connectivity index (χ1n) is 26.0. The molecule has 5 amide bonds. The number of aliphatic carboxylic acids is 1. The van der Waals surface area contributed by atoms with Crippen LogP contribution in [-0.4, -0.2) is 91.6 Å². The van der Waals surface area contributed by atoms with E-state index in [1.54, 1.807) is 60.7 Å². The topological polar surface area (TPSA) is 144 Å². The molecule has 0 spiro atoms. The van der Waals surface area contributed by atoms with Gasteiger partial charge in [0, 0.05) is 37.0 Å². The van der Waals surface area contributed by atoms with Crippen molar-refractivity contribution in [1.82, 2.24) is 20.0 Å². The van der Waals surface area contributed by atoms with Gasteiger partial charge in [-0.25, -0.2) is 4.79 Å². The molecular weight excluding hydrogens is 877 g/mol. The maximum Gasteiger partial charge on any atom is 0.327 e. The predicted octanol–water partition coefficient (Wildman–Crippen LogP) is 11.2. The van der Waals surface area contributed by atoms with Crippen molar-refractivity contribution >= 4 is 35.5 Å². The van der Waals surface area contributed by atoms with Crippen LogP contribution in [0.4, 0.5) is 0 Å². The summed E-state index contributed by atoms with van der Waals surface area (Å²) in [5, 5.41) is 13.3. The Morgan fingerprint density at radius 3 is 1.10 bits per heavy atom. The van der Waals surface area contributed by atoms with E-state index >= 15 is 0 Å². The minimum absolute atomic E-state index is 0. The number of nitrogens with one attached hydrogen (secondary N) is 1. The molecule has 10 rings (SSSR count). The Hall–Kier alpha value is -5.94. The third kappa shape index (κ3) is 12.5. The van der Waals surface area contributed by atoms with Gasteiger partial charge >= 0.3 is 5.97 Å². The molecule has 2 unspecified atom stereocenters. The van der Waals surface area contributed by atoms with E-state index in [4.69, 9.17) is 0 Å². The van der Waals surface area contributed by atoms with Gasteiger partial charge in [-0.2, -0.15) is 0 Å². The third-order valence-electron chi connectivity index (χ3n) is 15.3. The second-order valence-electron chi connectivity index (χ2n) is 20.0. The average molecular weight is 951 g/mol. The lowest BCUT2D eigenvalue weighted by Crippen LogP contribution is -2.58. The number of fused-ring (bicyclic) bond motifs is 2. The van der Waals surface area contributed by atoms with Gasteiger partial charge in [-0.05, 0) is 86.8 Å². The molecule has 11 nitrogen and oxygen atoms in total. The second-order valence-corrected chi connectivity index (χ2v) is 20.0. The molecule has 2 aliphatic heterocycles. The summed E-state index contributed by atoms with van der Waals surface area (Å²) in [4.78, 5) is 82.0. The molecular formula is C59H74N4O7. The van der Waals surface area contributed by atoms with Crippen molar-refractivity contribution in [3.63, 3.8) is 0 Å². The van der Waals surface area contributed by atoms with Crippen molar-refractivity contribution in [3.8, 4) is 0 Å². The Morgan fingerprint density at radius 1 is 0.457 bits per heavy atom. The van der Waals surface area contributed by atoms with E-state index in [-0.39, 0.29) is 54.8 Å². The van der Waals surface area contributed by atoms with Crippen LogP contribution in [0.15, 0.2) is 109 Å². The number of rotatable bonds is 12. The molecule has 0 saturated heterocycles. The van der Waals surface area contributed by atoms with Crippen LogP contribution >= 0.6 is 0 Å². The van der Waals surface area contributed by atoms with E-state index in [1.165, 1.54) is 94.1 Å². The summed E-state index contributed by atoms with van der Waals surface area (Å²) in [6.07, 6.45) is 26.0. The lowest BCUT2D eigenvalue weighted by Gasteiger charge is -2.44. The van der Waals surface area contributed by atoms with Crippen LogP contribution < -0.4 is 5.32 Å². The number of benzene rings is 4. The van der Waals surface area contributed by atoms with Crippen molar-refractivity contribution in [1.29, 1.82) is 0 Å². The Bertz CT molecular complexity index is 2280. The Balaban J connectivity index is 0.000000171. The van der Waals surface area contributed by atoms with Gasteiger partial charge in [0.25, 0.3) is 23.6 Å². The summed E-state index contributed by atoms with van der Waals surface area (Å²) in [5.41, 5.74) is 3.04. The van der Waals surface area contributed by atoms with Crippen LogP contribution in [0.3, 0.4) is 0 Å². The molecule has 0 aromatic heterocycles. The number of carbonyl (C=O) groups excluding carboxylic acids is 5. The zero-order chi connectivity index (χ0) is 48.1. The van der Waals surface area contributed by atoms with E-state index < -0.39 is 29.9 Å². The predicted molar refractivity (Wildman–Crippen MR) is 274 cm³/mol. The fourth-order valence-corrected chi connectivity index (χ4v) is 11.7. The van der Waals surface area contributed by atoms with E-state index in [9.17, 15) is 33.9 Å².